The fourth-order valence-corrected chi connectivity index (χ4v) is 2.91. The number of aryl methyl sites for hydroxylation is 1. The van der Waals surface area contributed by atoms with E-state index in [0.717, 1.165) is 37.1 Å². The number of benzene rings is 1. The summed E-state index contributed by atoms with van der Waals surface area (Å²) in [5.41, 5.74) is 2.62. The number of rotatable bonds is 5. The molecule has 0 fully saturated rings. The lowest BCUT2D eigenvalue weighted by Crippen LogP contribution is -2.31. The maximum absolute atomic E-state index is 13.2. The highest BCUT2D eigenvalue weighted by Gasteiger charge is 2.24. The largest absolute Gasteiger partial charge is 0.331 e. The van der Waals surface area contributed by atoms with Gasteiger partial charge in [0, 0.05) is 12.7 Å². The monoisotopic (exact) mass is 331 g/mol. The molecule has 128 valence electrons. The van der Waals surface area contributed by atoms with Crippen molar-refractivity contribution in [2.45, 2.75) is 25.4 Å². The van der Waals surface area contributed by atoms with Gasteiger partial charge in [0.05, 0.1) is 24.5 Å². The number of anilines is 1. The molecule has 1 aliphatic rings. The van der Waals surface area contributed by atoms with E-state index in [1.165, 1.54) is 6.07 Å². The molecule has 0 saturated heterocycles. The smallest absolute Gasteiger partial charge is 0.319 e. The number of nitrogens with one attached hydrogen (secondary N) is 2. The molecule has 6 nitrogen and oxygen atoms in total. The predicted molar refractivity (Wildman–Crippen MR) is 90.4 cm³/mol. The first-order valence-corrected chi connectivity index (χ1v) is 8.04. The molecule has 0 spiro atoms. The third kappa shape index (κ3) is 3.91. The molecule has 0 unspecified atom stereocenters. The van der Waals surface area contributed by atoms with Crippen LogP contribution in [-0.2, 0) is 13.0 Å². The van der Waals surface area contributed by atoms with E-state index in [2.05, 4.69) is 20.6 Å². The maximum Gasteiger partial charge on any atom is 0.319 e. The highest BCUT2D eigenvalue weighted by atomic mass is 19.1. The first kappa shape index (κ1) is 16.4. The van der Waals surface area contributed by atoms with Gasteiger partial charge in [-0.3, -0.25) is 4.68 Å². The van der Waals surface area contributed by atoms with Gasteiger partial charge in [0.25, 0.3) is 0 Å². The van der Waals surface area contributed by atoms with Crippen molar-refractivity contribution < 1.29 is 9.18 Å². The van der Waals surface area contributed by atoms with Crippen molar-refractivity contribution in [1.82, 2.24) is 20.0 Å². The summed E-state index contributed by atoms with van der Waals surface area (Å²) in [6.07, 6.45) is 5.00. The van der Waals surface area contributed by atoms with Crippen LogP contribution in [0.3, 0.4) is 0 Å². The van der Waals surface area contributed by atoms with Gasteiger partial charge >= 0.3 is 6.03 Å². The Hall–Kier alpha value is -2.41. The van der Waals surface area contributed by atoms with E-state index in [-0.39, 0.29) is 17.9 Å². The minimum absolute atomic E-state index is 0.0793. The molecular formula is C17H22FN5O. The maximum atomic E-state index is 13.2. The van der Waals surface area contributed by atoms with Crippen LogP contribution in [-0.4, -0.2) is 41.4 Å². The van der Waals surface area contributed by atoms with Crippen LogP contribution in [0.4, 0.5) is 14.9 Å². The lowest BCUT2D eigenvalue weighted by atomic mass is 10.1. The van der Waals surface area contributed by atoms with E-state index < -0.39 is 0 Å². The third-order valence-corrected chi connectivity index (χ3v) is 4.16. The van der Waals surface area contributed by atoms with Crippen LogP contribution in [0, 0.1) is 5.82 Å². The number of nitrogens with zero attached hydrogens (tertiary/aromatic N) is 3. The molecule has 0 aliphatic heterocycles. The molecule has 3 rings (SSSR count). The first-order chi connectivity index (χ1) is 11.5. The summed E-state index contributed by atoms with van der Waals surface area (Å²) in [4.78, 5) is 14.3. The molecule has 0 bridgehead atoms. The number of hydrogen-bond donors (Lipinski definition) is 2. The van der Waals surface area contributed by atoms with Crippen molar-refractivity contribution >= 4 is 11.7 Å². The van der Waals surface area contributed by atoms with Crippen LogP contribution in [0.1, 0.15) is 23.6 Å². The molecular weight excluding hydrogens is 309 g/mol. The zero-order valence-corrected chi connectivity index (χ0v) is 13.9. The Labute approximate surface area is 140 Å². The van der Waals surface area contributed by atoms with Crippen molar-refractivity contribution in [3.8, 4) is 0 Å². The Morgan fingerprint density at radius 2 is 2.29 bits per heavy atom. The first-order valence-electron chi connectivity index (χ1n) is 8.04. The second-order valence-electron chi connectivity index (χ2n) is 6.33. The van der Waals surface area contributed by atoms with E-state index in [1.54, 1.807) is 29.2 Å². The molecule has 0 radical (unpaired) electrons. The number of fused-ring (bicyclic) bond motifs is 1. The molecule has 1 aromatic heterocycles. The van der Waals surface area contributed by atoms with Gasteiger partial charge in [-0.05, 0) is 50.2 Å². The lowest BCUT2D eigenvalue weighted by Gasteiger charge is -2.14. The molecule has 24 heavy (non-hydrogen) atoms. The Kier molecular flexibility index (Phi) is 4.80. The number of halogens is 1. The van der Waals surface area contributed by atoms with Gasteiger partial charge in [0.2, 0.25) is 0 Å². The Morgan fingerprint density at radius 3 is 3.08 bits per heavy atom. The second-order valence-corrected chi connectivity index (χ2v) is 6.33. The molecule has 2 N–H and O–H groups in total. The minimum atomic E-state index is -0.274. The fourth-order valence-electron chi connectivity index (χ4n) is 2.91. The van der Waals surface area contributed by atoms with Crippen molar-refractivity contribution in [3.05, 3.63) is 47.5 Å². The summed E-state index contributed by atoms with van der Waals surface area (Å²) in [5, 5.41) is 9.97. The molecule has 1 aromatic carbocycles. The van der Waals surface area contributed by atoms with Crippen LogP contribution in [0.2, 0.25) is 0 Å². The van der Waals surface area contributed by atoms with Crippen molar-refractivity contribution in [2.24, 2.45) is 0 Å². The molecule has 1 aliphatic carbocycles. The number of urea groups is 1. The molecule has 2 amide bonds. The van der Waals surface area contributed by atoms with E-state index in [1.807, 2.05) is 14.1 Å². The Morgan fingerprint density at radius 1 is 1.46 bits per heavy atom. The zero-order chi connectivity index (χ0) is 17.1. The van der Waals surface area contributed by atoms with Crippen LogP contribution < -0.4 is 10.6 Å². The summed E-state index contributed by atoms with van der Waals surface area (Å²) >= 11 is 0. The van der Waals surface area contributed by atoms with Crippen LogP contribution in [0.25, 0.3) is 0 Å². The van der Waals surface area contributed by atoms with Crippen molar-refractivity contribution in [3.63, 3.8) is 0 Å². The number of carbonyl (C=O) groups excluding carboxylic acids is 1. The molecule has 1 heterocycles. The predicted octanol–water partition coefficient (Wildman–Crippen LogP) is 2.39. The number of carbonyl (C=O) groups is 1. The van der Waals surface area contributed by atoms with Gasteiger partial charge in [0.15, 0.2) is 0 Å². The Balaban J connectivity index is 1.55. The molecule has 0 saturated carbocycles. The zero-order valence-electron chi connectivity index (χ0n) is 13.9. The van der Waals surface area contributed by atoms with Gasteiger partial charge in [-0.25, -0.2) is 9.18 Å². The van der Waals surface area contributed by atoms with Gasteiger partial charge in [-0.2, -0.15) is 5.10 Å². The summed E-state index contributed by atoms with van der Waals surface area (Å²) in [5.74, 6) is -0.232. The fraction of sp³-hybridized carbons (Fsp3) is 0.412. The highest BCUT2D eigenvalue weighted by Crippen LogP contribution is 2.31. The standard InChI is InChI=1S/C17H22FN5O/c1-22(2)7-8-23-11-14(10-19-23)20-17(24)21-16-6-3-12-9-13(18)4-5-15(12)16/h4-5,9-11,16H,3,6-8H2,1-2H3,(H2,20,21,24)/t16-/m1/s1. The highest BCUT2D eigenvalue weighted by molar-refractivity contribution is 5.89. The SMILES string of the molecule is CN(C)CCn1cc(NC(=O)N[C@@H]2CCc3cc(F)ccc32)cn1. The number of amides is 2. The third-order valence-electron chi connectivity index (χ3n) is 4.16. The summed E-state index contributed by atoms with van der Waals surface area (Å²) in [6.45, 7) is 1.64. The van der Waals surface area contributed by atoms with Crippen LogP contribution in [0.15, 0.2) is 30.6 Å². The van der Waals surface area contributed by atoms with E-state index in [0.29, 0.717) is 5.69 Å². The summed E-state index contributed by atoms with van der Waals surface area (Å²) < 4.78 is 15.0. The summed E-state index contributed by atoms with van der Waals surface area (Å²) in [6, 6.07) is 4.38. The number of aromatic nitrogens is 2. The molecule has 1 atom stereocenters. The van der Waals surface area contributed by atoms with Crippen LogP contribution in [0.5, 0.6) is 0 Å². The number of likely N-dealkylation sites (N-methyl/N-ethyl adjacent to an activating group) is 1. The minimum Gasteiger partial charge on any atom is -0.331 e. The van der Waals surface area contributed by atoms with Gasteiger partial charge in [-0.1, -0.05) is 6.07 Å². The average molecular weight is 331 g/mol. The van der Waals surface area contributed by atoms with E-state index in [9.17, 15) is 9.18 Å². The second kappa shape index (κ2) is 7.00. The molecule has 2 aromatic rings. The van der Waals surface area contributed by atoms with Crippen LogP contribution >= 0.6 is 0 Å². The average Bonchev–Trinajstić information content (AvgIpc) is 3.12. The van der Waals surface area contributed by atoms with Crippen molar-refractivity contribution in [1.29, 1.82) is 0 Å². The van der Waals surface area contributed by atoms with Gasteiger partial charge < -0.3 is 15.5 Å². The van der Waals surface area contributed by atoms with E-state index in [4.69, 9.17) is 0 Å². The topological polar surface area (TPSA) is 62.2 Å². The summed E-state index contributed by atoms with van der Waals surface area (Å²) in [7, 11) is 4.00. The van der Waals surface area contributed by atoms with Gasteiger partial charge in [-0.15, -0.1) is 0 Å². The quantitative estimate of drug-likeness (QED) is 0.884. The van der Waals surface area contributed by atoms with E-state index >= 15 is 0 Å². The Bertz CT molecular complexity index is 728. The van der Waals surface area contributed by atoms with Crippen molar-refractivity contribution in [2.75, 3.05) is 26.0 Å². The lowest BCUT2D eigenvalue weighted by molar-refractivity contribution is 0.248. The normalized spacial score (nSPS) is 16.2. The molecule has 7 heteroatoms. The number of hydrogen-bond acceptors (Lipinski definition) is 3. The van der Waals surface area contributed by atoms with Gasteiger partial charge in [0.1, 0.15) is 5.82 Å².